The van der Waals surface area contributed by atoms with Crippen molar-refractivity contribution in [3.8, 4) is 0 Å². The zero-order valence-electron chi connectivity index (χ0n) is 15.9. The van der Waals surface area contributed by atoms with E-state index in [-0.39, 0.29) is 22.9 Å². The highest BCUT2D eigenvalue weighted by atomic mass is 35.5. The molecule has 2 N–H and O–H groups in total. The molecule has 2 amide bonds. The number of furan rings is 1. The number of anilines is 1. The molecule has 9 heteroatoms. The van der Waals surface area contributed by atoms with Crippen molar-refractivity contribution in [1.29, 1.82) is 0 Å². The van der Waals surface area contributed by atoms with Crippen molar-refractivity contribution in [2.45, 2.75) is 38.6 Å². The van der Waals surface area contributed by atoms with Crippen molar-refractivity contribution in [2.24, 2.45) is 0 Å². The fourth-order valence-corrected chi connectivity index (χ4v) is 3.69. The topological polar surface area (TPSA) is 97.1 Å². The molecule has 1 atom stereocenters. The Kier molecular flexibility index (Phi) is 7.37. The molecule has 29 heavy (non-hydrogen) atoms. The largest absolute Gasteiger partial charge is 0.469 e. The maximum absolute atomic E-state index is 12.3. The van der Waals surface area contributed by atoms with Gasteiger partial charge in [-0.15, -0.1) is 10.2 Å². The summed E-state index contributed by atoms with van der Waals surface area (Å²) in [7, 11) is 0. The van der Waals surface area contributed by atoms with Gasteiger partial charge in [-0.3, -0.25) is 9.59 Å². The quantitative estimate of drug-likeness (QED) is 0.530. The molecule has 2 aromatic heterocycles. The Morgan fingerprint density at radius 1 is 1.24 bits per heavy atom. The first kappa shape index (κ1) is 21.0. The van der Waals surface area contributed by atoms with Crippen LogP contribution in [0, 0.1) is 0 Å². The van der Waals surface area contributed by atoms with Crippen molar-refractivity contribution in [2.75, 3.05) is 5.32 Å². The molecule has 1 aromatic carbocycles. The van der Waals surface area contributed by atoms with Gasteiger partial charge in [-0.2, -0.15) is 0 Å². The molecular weight excluding hydrogens is 412 g/mol. The van der Waals surface area contributed by atoms with E-state index in [9.17, 15) is 9.59 Å². The lowest BCUT2D eigenvalue weighted by atomic mass is 10.1. The molecule has 0 saturated carbocycles. The van der Waals surface area contributed by atoms with Gasteiger partial charge in [0.1, 0.15) is 10.8 Å². The molecule has 0 bridgehead atoms. The lowest BCUT2D eigenvalue weighted by molar-refractivity contribution is -0.121. The summed E-state index contributed by atoms with van der Waals surface area (Å²) in [4.78, 5) is 24.3. The van der Waals surface area contributed by atoms with Crippen LogP contribution >= 0.6 is 22.9 Å². The highest BCUT2D eigenvalue weighted by Gasteiger charge is 2.14. The number of amides is 2. The lowest BCUT2D eigenvalue weighted by Crippen LogP contribution is -2.33. The number of hydrogen-bond donors (Lipinski definition) is 2. The number of carbonyl (C=O) groups excluding carboxylic acids is 2. The summed E-state index contributed by atoms with van der Waals surface area (Å²) in [6.45, 7) is 1.94. The van der Waals surface area contributed by atoms with E-state index in [0.717, 1.165) is 10.8 Å². The summed E-state index contributed by atoms with van der Waals surface area (Å²) in [5.41, 5.74) is 0.597. The van der Waals surface area contributed by atoms with Gasteiger partial charge in [-0.1, -0.05) is 29.0 Å². The fourth-order valence-electron chi connectivity index (χ4n) is 2.73. The van der Waals surface area contributed by atoms with E-state index in [0.29, 0.717) is 36.4 Å². The summed E-state index contributed by atoms with van der Waals surface area (Å²) in [6.07, 6.45) is 3.87. The second kappa shape index (κ2) is 10.2. The van der Waals surface area contributed by atoms with Crippen LogP contribution in [0.15, 0.2) is 47.1 Å². The smallest absolute Gasteiger partial charge is 0.286 e. The van der Waals surface area contributed by atoms with Crippen molar-refractivity contribution in [1.82, 2.24) is 15.5 Å². The standard InChI is InChI=1S/C20H21ClN4O3S/c1-13(11-16-7-4-10-28-16)22-17(26)8-3-9-18-24-25-20(29-18)19(27)23-15-6-2-5-14(21)12-15/h2,4-7,10,12-13H,3,8-9,11H2,1H3,(H,22,26)(H,23,27). The van der Waals surface area contributed by atoms with Crippen molar-refractivity contribution >= 4 is 40.4 Å². The van der Waals surface area contributed by atoms with Crippen LogP contribution in [0.5, 0.6) is 0 Å². The minimum atomic E-state index is -0.333. The first-order chi connectivity index (χ1) is 14.0. The number of aryl methyl sites for hydroxylation is 1. The summed E-state index contributed by atoms with van der Waals surface area (Å²) in [6, 6.07) is 10.6. The third-order valence-electron chi connectivity index (χ3n) is 4.03. The minimum Gasteiger partial charge on any atom is -0.469 e. The van der Waals surface area contributed by atoms with Gasteiger partial charge >= 0.3 is 0 Å². The van der Waals surface area contributed by atoms with Gasteiger partial charge in [-0.05, 0) is 43.7 Å². The predicted molar refractivity (Wildman–Crippen MR) is 112 cm³/mol. The molecule has 2 heterocycles. The zero-order chi connectivity index (χ0) is 20.6. The highest BCUT2D eigenvalue weighted by Crippen LogP contribution is 2.18. The molecule has 3 rings (SSSR count). The number of carbonyl (C=O) groups is 2. The van der Waals surface area contributed by atoms with Crippen LogP contribution in [0.25, 0.3) is 0 Å². The Hall–Kier alpha value is -2.71. The molecule has 0 saturated heterocycles. The van der Waals surface area contributed by atoms with Gasteiger partial charge in [0.15, 0.2) is 0 Å². The Labute approximate surface area is 177 Å². The van der Waals surface area contributed by atoms with Crippen LogP contribution in [-0.2, 0) is 17.6 Å². The van der Waals surface area contributed by atoms with E-state index in [4.69, 9.17) is 16.0 Å². The minimum absolute atomic E-state index is 0.00281. The first-order valence-electron chi connectivity index (χ1n) is 9.20. The van der Waals surface area contributed by atoms with Crippen LogP contribution in [0.3, 0.4) is 0 Å². The van der Waals surface area contributed by atoms with E-state index in [1.54, 1.807) is 30.5 Å². The fraction of sp³-hybridized carbons (Fsp3) is 0.300. The molecular formula is C20H21ClN4O3S. The molecule has 0 aliphatic rings. The third kappa shape index (κ3) is 6.69. The SMILES string of the molecule is CC(Cc1ccco1)NC(=O)CCCc1nnc(C(=O)Nc2cccc(Cl)c2)s1. The molecule has 152 valence electrons. The number of benzene rings is 1. The molecule has 0 fully saturated rings. The Morgan fingerprint density at radius 3 is 2.86 bits per heavy atom. The van der Waals surface area contributed by atoms with Gasteiger partial charge in [-0.25, -0.2) is 0 Å². The molecule has 0 radical (unpaired) electrons. The monoisotopic (exact) mass is 432 g/mol. The maximum Gasteiger partial charge on any atom is 0.286 e. The lowest BCUT2D eigenvalue weighted by Gasteiger charge is -2.12. The zero-order valence-corrected chi connectivity index (χ0v) is 17.4. The van der Waals surface area contributed by atoms with Crippen LogP contribution in [0.1, 0.15) is 40.3 Å². The molecule has 0 aliphatic heterocycles. The molecule has 0 aliphatic carbocycles. The van der Waals surface area contributed by atoms with Crippen molar-refractivity contribution < 1.29 is 14.0 Å². The van der Waals surface area contributed by atoms with E-state index in [1.807, 2.05) is 19.1 Å². The van der Waals surface area contributed by atoms with Gasteiger partial charge in [0.25, 0.3) is 5.91 Å². The summed E-state index contributed by atoms with van der Waals surface area (Å²) < 4.78 is 5.29. The van der Waals surface area contributed by atoms with Crippen molar-refractivity contribution in [3.05, 3.63) is 63.5 Å². The van der Waals surface area contributed by atoms with Crippen LogP contribution < -0.4 is 10.6 Å². The third-order valence-corrected chi connectivity index (χ3v) is 5.25. The number of rotatable bonds is 9. The Bertz CT molecular complexity index is 958. The normalized spacial score (nSPS) is 11.8. The summed E-state index contributed by atoms with van der Waals surface area (Å²) >= 11 is 7.14. The van der Waals surface area contributed by atoms with E-state index < -0.39 is 0 Å². The average Bonchev–Trinajstić information content (AvgIpc) is 3.33. The van der Waals surface area contributed by atoms with E-state index in [2.05, 4.69) is 20.8 Å². The molecule has 7 nitrogen and oxygen atoms in total. The summed E-state index contributed by atoms with van der Waals surface area (Å²) in [5.74, 6) is 0.489. The van der Waals surface area contributed by atoms with Gasteiger partial charge in [0.05, 0.1) is 6.26 Å². The second-order valence-corrected chi connectivity index (χ2v) is 8.07. The second-order valence-electron chi connectivity index (χ2n) is 6.57. The van der Waals surface area contributed by atoms with Gasteiger partial charge < -0.3 is 15.1 Å². The Balaban J connectivity index is 1.40. The molecule has 0 spiro atoms. The Morgan fingerprint density at radius 2 is 2.10 bits per heavy atom. The number of aromatic nitrogens is 2. The highest BCUT2D eigenvalue weighted by molar-refractivity contribution is 7.13. The van der Waals surface area contributed by atoms with Crippen LogP contribution in [0.2, 0.25) is 5.02 Å². The number of halogens is 1. The first-order valence-corrected chi connectivity index (χ1v) is 10.4. The molecule has 3 aromatic rings. The van der Waals surface area contributed by atoms with Crippen LogP contribution in [-0.4, -0.2) is 28.1 Å². The van der Waals surface area contributed by atoms with E-state index >= 15 is 0 Å². The average molecular weight is 433 g/mol. The number of nitrogens with one attached hydrogen (secondary N) is 2. The van der Waals surface area contributed by atoms with Crippen LogP contribution in [0.4, 0.5) is 5.69 Å². The molecule has 1 unspecified atom stereocenters. The van der Waals surface area contributed by atoms with E-state index in [1.165, 1.54) is 11.3 Å². The number of hydrogen-bond acceptors (Lipinski definition) is 6. The summed E-state index contributed by atoms with van der Waals surface area (Å²) in [5, 5.41) is 15.2. The van der Waals surface area contributed by atoms with Gasteiger partial charge in [0.2, 0.25) is 10.9 Å². The predicted octanol–water partition coefficient (Wildman–Crippen LogP) is 4.11. The van der Waals surface area contributed by atoms with Gasteiger partial charge in [0, 0.05) is 36.0 Å². The maximum atomic E-state index is 12.3. The van der Waals surface area contributed by atoms with Crippen molar-refractivity contribution in [3.63, 3.8) is 0 Å². The number of nitrogens with zero attached hydrogens (tertiary/aromatic N) is 2.